The van der Waals surface area contributed by atoms with Crippen molar-refractivity contribution < 1.29 is 19.0 Å². The molecular formula is C6H15O4PSn. The second-order valence-electron chi connectivity index (χ2n) is 2.02. The van der Waals surface area contributed by atoms with Gasteiger partial charge in [0.2, 0.25) is 0 Å². The summed E-state index contributed by atoms with van der Waals surface area (Å²) in [6.45, 7) is 3.22. The van der Waals surface area contributed by atoms with Gasteiger partial charge < -0.3 is 19.0 Å². The van der Waals surface area contributed by atoms with Gasteiger partial charge in [-0.25, -0.2) is 0 Å². The third kappa shape index (κ3) is 13.6. The van der Waals surface area contributed by atoms with E-state index in [1.54, 1.807) is 0 Å². The van der Waals surface area contributed by atoms with Crippen LogP contribution < -0.4 is 9.79 Å². The van der Waals surface area contributed by atoms with Crippen molar-refractivity contribution in [1.82, 2.24) is 0 Å². The Balaban J connectivity index is 0. The molecular weight excluding hydrogens is 286 g/mol. The Bertz CT molecular complexity index is 83.9. The predicted molar refractivity (Wildman–Crippen MR) is 47.1 cm³/mol. The summed E-state index contributed by atoms with van der Waals surface area (Å²) in [5.41, 5.74) is 0. The Labute approximate surface area is 91.2 Å². The summed E-state index contributed by atoms with van der Waals surface area (Å²) in [5.74, 6) is 0. The minimum atomic E-state index is -2.70. The molecule has 6 heteroatoms. The molecule has 0 aliphatic heterocycles. The molecule has 0 saturated carbocycles. The molecule has 0 aromatic carbocycles. The van der Waals surface area contributed by atoms with Crippen LogP contribution in [0.4, 0.5) is 0 Å². The molecule has 0 aromatic heterocycles. The quantitative estimate of drug-likeness (QED) is 0.338. The van der Waals surface area contributed by atoms with Crippen molar-refractivity contribution in [2.75, 3.05) is 19.8 Å². The van der Waals surface area contributed by atoms with E-state index >= 15 is 0 Å². The van der Waals surface area contributed by atoms with Gasteiger partial charge in [-0.05, 0) is 6.42 Å². The summed E-state index contributed by atoms with van der Waals surface area (Å²) < 4.78 is 9.28. The van der Waals surface area contributed by atoms with Crippen LogP contribution in [0.5, 0.6) is 0 Å². The molecule has 4 nitrogen and oxygen atoms in total. The SMILES string of the molecule is CCCCOCCOP([O-])[O-].[SnH2+2]. The Kier molecular flexibility index (Phi) is 15.6. The van der Waals surface area contributed by atoms with Gasteiger partial charge in [-0.3, -0.25) is 0 Å². The molecule has 12 heavy (non-hydrogen) atoms. The van der Waals surface area contributed by atoms with Crippen LogP contribution in [0.15, 0.2) is 0 Å². The molecule has 72 valence electrons. The fourth-order valence-electron chi connectivity index (χ4n) is 0.519. The molecule has 0 spiro atoms. The van der Waals surface area contributed by atoms with Crippen LogP contribution in [0, 0.1) is 0 Å². The monoisotopic (exact) mass is 302 g/mol. The van der Waals surface area contributed by atoms with Crippen LogP contribution in [0.2, 0.25) is 0 Å². The van der Waals surface area contributed by atoms with E-state index in [0.29, 0.717) is 13.2 Å². The number of hydrogen-bond donors (Lipinski definition) is 0. The zero-order valence-electron chi connectivity index (χ0n) is 7.32. The Morgan fingerprint density at radius 2 is 1.83 bits per heavy atom. The van der Waals surface area contributed by atoms with Gasteiger partial charge in [0, 0.05) is 6.61 Å². The third-order valence-corrected chi connectivity index (χ3v) is 1.46. The van der Waals surface area contributed by atoms with Crippen LogP contribution in [-0.2, 0) is 9.26 Å². The molecule has 0 amide bonds. The van der Waals surface area contributed by atoms with Gasteiger partial charge in [-0.1, -0.05) is 13.3 Å². The van der Waals surface area contributed by atoms with Crippen molar-refractivity contribution in [2.24, 2.45) is 0 Å². The topological polar surface area (TPSA) is 64.6 Å². The van der Waals surface area contributed by atoms with Crippen LogP contribution in [-0.4, -0.2) is 43.7 Å². The second kappa shape index (κ2) is 12.1. The number of ether oxygens (including phenoxy) is 1. The molecule has 0 fully saturated rings. The van der Waals surface area contributed by atoms with E-state index in [1.165, 1.54) is 0 Å². The predicted octanol–water partition coefficient (Wildman–Crippen LogP) is -1.15. The number of rotatable bonds is 7. The van der Waals surface area contributed by atoms with Crippen molar-refractivity contribution >= 4 is 32.5 Å². The molecule has 0 radical (unpaired) electrons. The van der Waals surface area contributed by atoms with Crippen LogP contribution >= 0.6 is 8.60 Å². The molecule has 0 bridgehead atoms. The average Bonchev–Trinajstić information content (AvgIpc) is 1.96. The van der Waals surface area contributed by atoms with Gasteiger partial charge in [0.15, 0.2) is 0 Å². The second-order valence-corrected chi connectivity index (χ2v) is 2.73. The standard InChI is InChI=1S/C6H13O4P.Sn.2H/c1-2-3-4-9-5-6-10-11(7)8;;;/h2-6H2,1H3;;;/q-2;+2;;. The normalized spacial score (nSPS) is 10.0. The minimum absolute atomic E-state index is 0. The van der Waals surface area contributed by atoms with E-state index in [1.807, 2.05) is 0 Å². The van der Waals surface area contributed by atoms with Crippen LogP contribution in [0.25, 0.3) is 0 Å². The first-order valence-electron chi connectivity index (χ1n) is 3.62. The molecule has 0 aliphatic rings. The first-order chi connectivity index (χ1) is 5.27. The van der Waals surface area contributed by atoms with Gasteiger partial charge in [0.25, 0.3) is 0 Å². The van der Waals surface area contributed by atoms with Gasteiger partial charge in [-0.2, -0.15) is 8.60 Å². The number of hydrogen-bond acceptors (Lipinski definition) is 4. The molecule has 0 atom stereocenters. The van der Waals surface area contributed by atoms with Gasteiger partial charge >= 0.3 is 23.9 Å². The fourth-order valence-corrected chi connectivity index (χ4v) is 0.743. The van der Waals surface area contributed by atoms with E-state index in [-0.39, 0.29) is 30.5 Å². The summed E-state index contributed by atoms with van der Waals surface area (Å²) in [5, 5.41) is 0. The zero-order valence-corrected chi connectivity index (χ0v) is 12.3. The van der Waals surface area contributed by atoms with Crippen LogP contribution in [0.1, 0.15) is 19.8 Å². The van der Waals surface area contributed by atoms with E-state index in [9.17, 15) is 9.79 Å². The van der Waals surface area contributed by atoms with Crippen molar-refractivity contribution in [3.05, 3.63) is 0 Å². The fraction of sp³-hybridized carbons (Fsp3) is 1.00. The maximum atomic E-state index is 9.85. The summed E-state index contributed by atoms with van der Waals surface area (Å²) >= 11 is 0. The van der Waals surface area contributed by atoms with Crippen molar-refractivity contribution in [3.63, 3.8) is 0 Å². The summed E-state index contributed by atoms with van der Waals surface area (Å²) in [6, 6.07) is 0. The van der Waals surface area contributed by atoms with Gasteiger partial charge in [0.1, 0.15) is 0 Å². The van der Waals surface area contributed by atoms with Crippen molar-refractivity contribution in [3.8, 4) is 0 Å². The number of unbranched alkanes of at least 4 members (excludes halogenated alkanes) is 1. The first kappa shape index (κ1) is 15.5. The maximum absolute atomic E-state index is 9.85. The summed E-state index contributed by atoms with van der Waals surface area (Å²) in [7, 11) is -2.70. The molecule has 0 heterocycles. The van der Waals surface area contributed by atoms with E-state index < -0.39 is 8.60 Å². The molecule has 0 unspecified atom stereocenters. The van der Waals surface area contributed by atoms with Crippen molar-refractivity contribution in [2.45, 2.75) is 19.8 Å². The Morgan fingerprint density at radius 3 is 2.33 bits per heavy atom. The van der Waals surface area contributed by atoms with Crippen molar-refractivity contribution in [1.29, 1.82) is 0 Å². The molecule has 0 N–H and O–H groups in total. The Morgan fingerprint density at radius 1 is 1.17 bits per heavy atom. The zero-order chi connectivity index (χ0) is 8.53. The van der Waals surface area contributed by atoms with E-state index in [0.717, 1.165) is 12.8 Å². The molecule has 0 aromatic rings. The van der Waals surface area contributed by atoms with Gasteiger partial charge in [-0.15, -0.1) is 0 Å². The van der Waals surface area contributed by atoms with Crippen LogP contribution in [0.3, 0.4) is 0 Å². The summed E-state index contributed by atoms with van der Waals surface area (Å²) in [4.78, 5) is 19.7. The van der Waals surface area contributed by atoms with E-state index in [2.05, 4.69) is 11.4 Å². The first-order valence-corrected chi connectivity index (χ1v) is 4.72. The molecule has 0 rings (SSSR count). The van der Waals surface area contributed by atoms with Gasteiger partial charge in [0.05, 0.1) is 13.2 Å². The Hall–Kier alpha value is 1.07. The molecule has 0 aliphatic carbocycles. The average molecular weight is 301 g/mol. The summed E-state index contributed by atoms with van der Waals surface area (Å²) in [6.07, 6.45) is 2.08. The van der Waals surface area contributed by atoms with E-state index in [4.69, 9.17) is 4.74 Å². The molecule has 0 saturated heterocycles. The third-order valence-electron chi connectivity index (χ3n) is 1.07.